The molecule has 0 spiro atoms. The number of methoxy groups -OCH3 is 1. The fourth-order valence-electron chi connectivity index (χ4n) is 2.23. The van der Waals surface area contributed by atoms with Crippen molar-refractivity contribution in [2.24, 2.45) is 0 Å². The molecule has 0 bridgehead atoms. The predicted molar refractivity (Wildman–Crippen MR) is 74.6 cm³/mol. The lowest BCUT2D eigenvalue weighted by Crippen LogP contribution is -2.55. The van der Waals surface area contributed by atoms with Crippen molar-refractivity contribution in [3.05, 3.63) is 35.9 Å². The molecule has 0 radical (unpaired) electrons. The Labute approximate surface area is 112 Å². The third kappa shape index (κ3) is 3.06. The van der Waals surface area contributed by atoms with Crippen LogP contribution in [0, 0.1) is 0 Å². The van der Waals surface area contributed by atoms with Crippen LogP contribution in [0.15, 0.2) is 30.3 Å². The molecule has 1 heterocycles. The van der Waals surface area contributed by atoms with Gasteiger partial charge in [0.1, 0.15) is 5.54 Å². The van der Waals surface area contributed by atoms with Gasteiger partial charge in [0.05, 0.1) is 7.11 Å². The lowest BCUT2D eigenvalue weighted by atomic mass is 9.95. The summed E-state index contributed by atoms with van der Waals surface area (Å²) in [5.74, 6) is 1.80. The van der Waals surface area contributed by atoms with E-state index in [1.54, 1.807) is 0 Å². The van der Waals surface area contributed by atoms with Crippen LogP contribution >= 0.6 is 11.8 Å². The Kier molecular flexibility index (Phi) is 4.66. The second-order valence-electron chi connectivity index (χ2n) is 4.57. The fourth-order valence-corrected chi connectivity index (χ4v) is 3.44. The van der Waals surface area contributed by atoms with E-state index in [2.05, 4.69) is 17.4 Å². The first-order valence-corrected chi connectivity index (χ1v) is 7.37. The minimum atomic E-state index is -0.506. The average Bonchev–Trinajstić information content (AvgIpc) is 2.46. The van der Waals surface area contributed by atoms with Gasteiger partial charge in [-0.05, 0) is 24.2 Å². The van der Waals surface area contributed by atoms with Gasteiger partial charge in [-0.2, -0.15) is 11.8 Å². The van der Waals surface area contributed by atoms with Gasteiger partial charge in [-0.1, -0.05) is 30.3 Å². The minimum absolute atomic E-state index is 0.134. The van der Waals surface area contributed by atoms with Crippen molar-refractivity contribution in [1.29, 1.82) is 0 Å². The number of rotatable bonds is 4. The van der Waals surface area contributed by atoms with Crippen LogP contribution < -0.4 is 5.32 Å². The van der Waals surface area contributed by atoms with Crippen LogP contribution in [0.4, 0.5) is 0 Å². The fraction of sp³-hybridized carbons (Fsp3) is 0.500. The molecule has 1 aromatic rings. The van der Waals surface area contributed by atoms with Crippen molar-refractivity contribution in [2.75, 3.05) is 18.6 Å². The standard InChI is InChI=1S/C14H19NO2S/c1-17-13(16)14(8-5-9-18-11-14)15-10-12-6-3-2-4-7-12/h2-4,6-7,15H,5,8-11H2,1H3. The van der Waals surface area contributed by atoms with Gasteiger partial charge in [-0.25, -0.2) is 0 Å². The van der Waals surface area contributed by atoms with Crippen molar-refractivity contribution in [3.63, 3.8) is 0 Å². The molecule has 98 valence electrons. The highest BCUT2D eigenvalue weighted by molar-refractivity contribution is 7.99. The lowest BCUT2D eigenvalue weighted by molar-refractivity contribution is -0.148. The molecule has 4 heteroatoms. The quantitative estimate of drug-likeness (QED) is 0.847. The van der Waals surface area contributed by atoms with Crippen LogP contribution in [0.1, 0.15) is 18.4 Å². The molecule has 18 heavy (non-hydrogen) atoms. The topological polar surface area (TPSA) is 38.3 Å². The van der Waals surface area contributed by atoms with E-state index in [1.807, 2.05) is 30.0 Å². The van der Waals surface area contributed by atoms with E-state index in [9.17, 15) is 4.79 Å². The number of carbonyl (C=O) groups is 1. The monoisotopic (exact) mass is 265 g/mol. The SMILES string of the molecule is COC(=O)C1(NCc2ccccc2)CCCSC1. The molecule has 1 saturated heterocycles. The Morgan fingerprint density at radius 1 is 1.44 bits per heavy atom. The maximum absolute atomic E-state index is 12.0. The molecule has 1 fully saturated rings. The first-order valence-electron chi connectivity index (χ1n) is 6.22. The third-order valence-corrected chi connectivity index (χ3v) is 4.56. The maximum atomic E-state index is 12.0. The van der Waals surface area contributed by atoms with E-state index >= 15 is 0 Å². The summed E-state index contributed by atoms with van der Waals surface area (Å²) in [6.45, 7) is 0.705. The molecule has 0 aliphatic carbocycles. The number of carbonyl (C=O) groups excluding carboxylic acids is 1. The van der Waals surface area contributed by atoms with Gasteiger partial charge in [0.2, 0.25) is 0 Å². The number of thioether (sulfide) groups is 1. The second kappa shape index (κ2) is 6.25. The van der Waals surface area contributed by atoms with Gasteiger partial charge < -0.3 is 4.74 Å². The van der Waals surface area contributed by atoms with Gasteiger partial charge in [0, 0.05) is 12.3 Å². The Hall–Kier alpha value is -1.00. The first-order chi connectivity index (χ1) is 8.77. The Balaban J connectivity index is 2.04. The molecular weight excluding hydrogens is 246 g/mol. The highest BCUT2D eigenvalue weighted by Gasteiger charge is 2.40. The van der Waals surface area contributed by atoms with Crippen molar-refractivity contribution in [3.8, 4) is 0 Å². The Bertz CT molecular complexity index is 388. The van der Waals surface area contributed by atoms with E-state index in [-0.39, 0.29) is 5.97 Å². The molecular formula is C14H19NO2S. The van der Waals surface area contributed by atoms with Crippen molar-refractivity contribution < 1.29 is 9.53 Å². The molecule has 1 unspecified atom stereocenters. The summed E-state index contributed by atoms with van der Waals surface area (Å²) < 4.78 is 4.97. The van der Waals surface area contributed by atoms with Crippen LogP contribution in [0.2, 0.25) is 0 Å². The highest BCUT2D eigenvalue weighted by Crippen LogP contribution is 2.28. The van der Waals surface area contributed by atoms with Gasteiger partial charge in [-0.3, -0.25) is 10.1 Å². The van der Waals surface area contributed by atoms with Crippen LogP contribution in [-0.2, 0) is 16.1 Å². The minimum Gasteiger partial charge on any atom is -0.468 e. The molecule has 1 aliphatic heterocycles. The summed E-state index contributed by atoms with van der Waals surface area (Å²) in [6.07, 6.45) is 1.92. The Morgan fingerprint density at radius 2 is 2.22 bits per heavy atom. The van der Waals surface area contributed by atoms with Gasteiger partial charge in [-0.15, -0.1) is 0 Å². The zero-order chi connectivity index (χ0) is 12.8. The summed E-state index contributed by atoms with van der Waals surface area (Å²) in [6, 6.07) is 10.1. The van der Waals surface area contributed by atoms with Crippen molar-refractivity contribution >= 4 is 17.7 Å². The van der Waals surface area contributed by atoms with E-state index < -0.39 is 5.54 Å². The zero-order valence-corrected chi connectivity index (χ0v) is 11.5. The van der Waals surface area contributed by atoms with Crippen molar-refractivity contribution in [1.82, 2.24) is 5.32 Å². The highest BCUT2D eigenvalue weighted by atomic mass is 32.2. The smallest absolute Gasteiger partial charge is 0.326 e. The molecule has 0 saturated carbocycles. The van der Waals surface area contributed by atoms with Crippen LogP contribution in [0.25, 0.3) is 0 Å². The van der Waals surface area contributed by atoms with Gasteiger partial charge >= 0.3 is 5.97 Å². The largest absolute Gasteiger partial charge is 0.468 e. The molecule has 1 aromatic carbocycles. The van der Waals surface area contributed by atoms with Crippen molar-refractivity contribution in [2.45, 2.75) is 24.9 Å². The molecule has 2 rings (SSSR count). The van der Waals surface area contributed by atoms with Gasteiger partial charge in [0.15, 0.2) is 0 Å². The van der Waals surface area contributed by atoms with Crippen LogP contribution in [-0.4, -0.2) is 30.1 Å². The number of nitrogens with one attached hydrogen (secondary N) is 1. The van der Waals surface area contributed by atoms with E-state index in [0.717, 1.165) is 24.3 Å². The van der Waals surface area contributed by atoms with Crippen LogP contribution in [0.5, 0.6) is 0 Å². The average molecular weight is 265 g/mol. The third-order valence-electron chi connectivity index (χ3n) is 3.29. The Morgan fingerprint density at radius 3 is 2.83 bits per heavy atom. The van der Waals surface area contributed by atoms with E-state index in [4.69, 9.17) is 4.74 Å². The van der Waals surface area contributed by atoms with E-state index in [0.29, 0.717) is 6.54 Å². The number of ether oxygens (including phenoxy) is 1. The summed E-state index contributed by atoms with van der Waals surface area (Å²) in [5, 5.41) is 3.41. The van der Waals surface area contributed by atoms with E-state index in [1.165, 1.54) is 12.7 Å². The zero-order valence-electron chi connectivity index (χ0n) is 10.6. The summed E-state index contributed by atoms with van der Waals surface area (Å²) in [5.41, 5.74) is 0.685. The molecule has 1 atom stereocenters. The molecule has 1 aliphatic rings. The summed E-state index contributed by atoms with van der Waals surface area (Å²) in [4.78, 5) is 12.0. The molecule has 1 N–H and O–H groups in total. The summed E-state index contributed by atoms with van der Waals surface area (Å²) >= 11 is 1.82. The second-order valence-corrected chi connectivity index (χ2v) is 5.67. The lowest BCUT2D eigenvalue weighted by Gasteiger charge is -2.35. The normalized spacial score (nSPS) is 23.6. The molecule has 0 amide bonds. The predicted octanol–water partition coefficient (Wildman–Crippen LogP) is 2.21. The number of hydrogen-bond acceptors (Lipinski definition) is 4. The number of esters is 1. The van der Waals surface area contributed by atoms with Gasteiger partial charge in [0.25, 0.3) is 0 Å². The number of benzene rings is 1. The maximum Gasteiger partial charge on any atom is 0.326 e. The van der Waals surface area contributed by atoms with Crippen LogP contribution in [0.3, 0.4) is 0 Å². The molecule has 0 aromatic heterocycles. The summed E-state index contributed by atoms with van der Waals surface area (Å²) in [7, 11) is 1.47. The number of hydrogen-bond donors (Lipinski definition) is 1. The molecule has 3 nitrogen and oxygen atoms in total. The first kappa shape index (κ1) is 13.4.